The van der Waals surface area contributed by atoms with Gasteiger partial charge in [0.25, 0.3) is 5.56 Å². The van der Waals surface area contributed by atoms with Crippen molar-refractivity contribution in [3.8, 4) is 11.5 Å². The summed E-state index contributed by atoms with van der Waals surface area (Å²) in [5.41, 5.74) is 3.33. The van der Waals surface area contributed by atoms with Crippen molar-refractivity contribution in [2.45, 2.75) is 59.7 Å². The molecular formula is C24H28IN5O2. The van der Waals surface area contributed by atoms with Gasteiger partial charge in [-0.2, -0.15) is 4.98 Å². The van der Waals surface area contributed by atoms with Gasteiger partial charge in [-0.3, -0.25) is 9.36 Å². The molecule has 8 heteroatoms. The third kappa shape index (κ3) is 4.74. The molecule has 0 fully saturated rings. The van der Waals surface area contributed by atoms with Crippen molar-refractivity contribution in [2.75, 3.05) is 0 Å². The van der Waals surface area contributed by atoms with E-state index in [9.17, 15) is 9.59 Å². The second-order valence-corrected chi connectivity index (χ2v) is 8.03. The Balaban J connectivity index is 0.00000289. The Bertz CT molecular complexity index is 1310. The first-order valence-electron chi connectivity index (χ1n) is 10.9. The van der Waals surface area contributed by atoms with E-state index >= 15 is 0 Å². The molecule has 7 nitrogen and oxygen atoms in total. The first-order valence-corrected chi connectivity index (χ1v) is 10.9. The number of benzene rings is 1. The Labute approximate surface area is 204 Å². The number of hydrogen-bond acceptors (Lipinski definition) is 4. The van der Waals surface area contributed by atoms with Gasteiger partial charge >= 0.3 is 5.69 Å². The van der Waals surface area contributed by atoms with Gasteiger partial charge in [0, 0.05) is 31.6 Å². The fourth-order valence-electron chi connectivity index (χ4n) is 3.86. The largest absolute Gasteiger partial charge is 1.00 e. The Morgan fingerprint density at radius 2 is 1.59 bits per heavy atom. The van der Waals surface area contributed by atoms with E-state index in [-0.39, 0.29) is 35.2 Å². The number of fused-ring (bicyclic) bond motifs is 2. The monoisotopic (exact) mass is 545 g/mol. The van der Waals surface area contributed by atoms with Crippen molar-refractivity contribution in [3.63, 3.8) is 0 Å². The van der Waals surface area contributed by atoms with Crippen LogP contribution in [0.5, 0.6) is 0 Å². The first-order chi connectivity index (χ1) is 15.0. The number of aryl methyl sites for hydroxylation is 4. The van der Waals surface area contributed by atoms with E-state index in [0.29, 0.717) is 31.9 Å². The SMILES string of the molecule is CCCCn1c2nc(=O)n(CCC[n+]3ccccc3)c(=O)c-2nc2cc(C)c(C)cc21.[I-]. The zero-order valence-corrected chi connectivity index (χ0v) is 20.9. The molecule has 2 aliphatic rings. The molecule has 32 heavy (non-hydrogen) atoms. The molecule has 2 aliphatic heterocycles. The third-order valence-electron chi connectivity index (χ3n) is 5.77. The number of halogens is 1. The summed E-state index contributed by atoms with van der Waals surface area (Å²) >= 11 is 0. The van der Waals surface area contributed by atoms with Crippen LogP contribution in [0.4, 0.5) is 0 Å². The standard InChI is InChI=1S/C24H28N5O2.HI/c1-4-5-13-28-20-16-18(3)17(2)15-19(20)25-21-22(28)26-24(31)29(23(21)30)14-9-12-27-10-7-6-8-11-27;/h6-8,10-11,15-16H,4-5,9,12-14H2,1-3H3;1H/q+1;/p-1. The average molecular weight is 545 g/mol. The Kier molecular flexibility index (Phi) is 7.76. The van der Waals surface area contributed by atoms with E-state index in [1.165, 1.54) is 4.57 Å². The number of hydrogen-bond donors (Lipinski definition) is 0. The van der Waals surface area contributed by atoms with E-state index in [4.69, 9.17) is 0 Å². The second kappa shape index (κ2) is 10.3. The lowest BCUT2D eigenvalue weighted by atomic mass is 10.1. The van der Waals surface area contributed by atoms with Gasteiger partial charge in [0.15, 0.2) is 23.9 Å². The summed E-state index contributed by atoms with van der Waals surface area (Å²) in [5.74, 6) is 0.382. The molecule has 0 saturated carbocycles. The fourth-order valence-corrected chi connectivity index (χ4v) is 3.86. The lowest BCUT2D eigenvalue weighted by molar-refractivity contribution is -0.697. The summed E-state index contributed by atoms with van der Waals surface area (Å²) in [6.07, 6.45) is 6.52. The molecule has 0 aliphatic carbocycles. The van der Waals surface area contributed by atoms with E-state index in [2.05, 4.69) is 29.9 Å². The number of rotatable bonds is 7. The maximum absolute atomic E-state index is 13.3. The molecule has 168 valence electrons. The molecule has 0 N–H and O–H groups in total. The van der Waals surface area contributed by atoms with Gasteiger partial charge < -0.3 is 28.5 Å². The van der Waals surface area contributed by atoms with Gasteiger partial charge in [-0.1, -0.05) is 19.4 Å². The van der Waals surface area contributed by atoms with Crippen LogP contribution in [-0.4, -0.2) is 19.1 Å². The van der Waals surface area contributed by atoms with Crippen molar-refractivity contribution in [1.82, 2.24) is 19.1 Å². The van der Waals surface area contributed by atoms with Crippen LogP contribution in [0.2, 0.25) is 0 Å². The summed E-state index contributed by atoms with van der Waals surface area (Å²) in [5, 5.41) is 0. The highest BCUT2D eigenvalue weighted by molar-refractivity contribution is 5.81. The maximum Gasteiger partial charge on any atom is 0.352 e. The highest BCUT2D eigenvalue weighted by atomic mass is 127. The van der Waals surface area contributed by atoms with Crippen molar-refractivity contribution in [1.29, 1.82) is 0 Å². The quantitative estimate of drug-likeness (QED) is 0.184. The summed E-state index contributed by atoms with van der Waals surface area (Å²) in [7, 11) is 0. The van der Waals surface area contributed by atoms with Crippen LogP contribution in [0.15, 0.2) is 52.3 Å². The number of unbranched alkanes of at least 4 members (excludes halogenated alkanes) is 1. The van der Waals surface area contributed by atoms with Crippen LogP contribution in [-0.2, 0) is 19.6 Å². The predicted molar refractivity (Wildman–Crippen MR) is 120 cm³/mol. The zero-order chi connectivity index (χ0) is 22.0. The number of aromatic nitrogens is 5. The molecule has 1 aromatic heterocycles. The summed E-state index contributed by atoms with van der Waals surface area (Å²) in [6, 6.07) is 9.94. The van der Waals surface area contributed by atoms with Crippen molar-refractivity contribution in [2.24, 2.45) is 0 Å². The Morgan fingerprint density at radius 1 is 0.906 bits per heavy atom. The van der Waals surface area contributed by atoms with Crippen molar-refractivity contribution < 1.29 is 28.5 Å². The van der Waals surface area contributed by atoms with Crippen molar-refractivity contribution in [3.05, 3.63) is 74.7 Å². The van der Waals surface area contributed by atoms with Crippen LogP contribution >= 0.6 is 0 Å². The van der Waals surface area contributed by atoms with Crippen LogP contribution in [0.3, 0.4) is 0 Å². The molecular weight excluding hydrogens is 517 g/mol. The first kappa shape index (κ1) is 24.0. The van der Waals surface area contributed by atoms with Crippen LogP contribution < -0.4 is 39.8 Å². The molecule has 0 amide bonds. The smallest absolute Gasteiger partial charge is 0.352 e. The highest BCUT2D eigenvalue weighted by Crippen LogP contribution is 2.24. The van der Waals surface area contributed by atoms with E-state index in [1.807, 2.05) is 52.7 Å². The van der Waals surface area contributed by atoms with Gasteiger partial charge in [-0.25, -0.2) is 14.3 Å². The van der Waals surface area contributed by atoms with E-state index in [0.717, 1.165) is 35.0 Å². The number of nitrogens with zero attached hydrogens (tertiary/aromatic N) is 5. The van der Waals surface area contributed by atoms with E-state index in [1.54, 1.807) is 0 Å². The summed E-state index contributed by atoms with van der Waals surface area (Å²) in [4.78, 5) is 35.0. The summed E-state index contributed by atoms with van der Waals surface area (Å²) in [6.45, 7) is 7.92. The molecule has 1 aromatic carbocycles. The molecule has 0 bridgehead atoms. The summed E-state index contributed by atoms with van der Waals surface area (Å²) < 4.78 is 5.23. The van der Waals surface area contributed by atoms with E-state index < -0.39 is 5.69 Å². The van der Waals surface area contributed by atoms with Gasteiger partial charge in [-0.15, -0.1) is 0 Å². The minimum absolute atomic E-state index is 0. The molecule has 0 atom stereocenters. The lowest BCUT2D eigenvalue weighted by Gasteiger charge is -2.18. The predicted octanol–water partition coefficient (Wildman–Crippen LogP) is -0.143. The third-order valence-corrected chi connectivity index (χ3v) is 5.77. The average Bonchev–Trinajstić information content (AvgIpc) is 2.76. The molecule has 2 aromatic rings. The lowest BCUT2D eigenvalue weighted by Crippen LogP contribution is -3.00. The van der Waals surface area contributed by atoms with Gasteiger partial charge in [0.05, 0.1) is 11.0 Å². The molecule has 0 radical (unpaired) electrons. The Morgan fingerprint density at radius 3 is 2.31 bits per heavy atom. The van der Waals surface area contributed by atoms with Crippen LogP contribution in [0.1, 0.15) is 37.3 Å². The fraction of sp³-hybridized carbons (Fsp3) is 0.375. The van der Waals surface area contributed by atoms with Crippen molar-refractivity contribution >= 4 is 11.0 Å². The maximum atomic E-state index is 13.3. The molecule has 4 rings (SSSR count). The van der Waals surface area contributed by atoms with Gasteiger partial charge in [-0.05, 0) is 43.5 Å². The Hall–Kier alpha value is -2.62. The second-order valence-electron chi connectivity index (χ2n) is 8.03. The van der Waals surface area contributed by atoms with Gasteiger partial charge in [0.1, 0.15) is 6.54 Å². The molecule has 0 saturated heterocycles. The van der Waals surface area contributed by atoms with Gasteiger partial charge in [0.2, 0.25) is 0 Å². The minimum Gasteiger partial charge on any atom is -1.00 e. The highest BCUT2D eigenvalue weighted by Gasteiger charge is 2.21. The van der Waals surface area contributed by atoms with Crippen LogP contribution in [0.25, 0.3) is 22.6 Å². The number of pyridine rings is 1. The molecule has 3 heterocycles. The topological polar surface area (TPSA) is 73.7 Å². The molecule has 0 spiro atoms. The minimum atomic E-state index is -0.509. The normalized spacial score (nSPS) is 11.1. The van der Waals surface area contributed by atoms with Crippen LogP contribution in [0, 0.1) is 13.8 Å². The zero-order valence-electron chi connectivity index (χ0n) is 18.7. The molecule has 0 unspecified atom stereocenters.